The lowest BCUT2D eigenvalue weighted by Gasteiger charge is -2.62. The Kier molecular flexibility index (Phi) is 4.88. The van der Waals surface area contributed by atoms with E-state index in [0.717, 1.165) is 29.6 Å². The molecule has 1 heteroatoms. The molecule has 7 unspecified atom stereocenters. The highest BCUT2D eigenvalue weighted by molar-refractivity contribution is 5.12. The van der Waals surface area contributed by atoms with Crippen molar-refractivity contribution < 1.29 is 0 Å². The highest BCUT2D eigenvalue weighted by atomic mass is 14.7. The lowest BCUT2D eigenvalue weighted by molar-refractivity contribution is -0.124. The van der Waals surface area contributed by atoms with Gasteiger partial charge in [-0.15, -0.1) is 12.8 Å². The van der Waals surface area contributed by atoms with Crippen LogP contribution in [0.1, 0.15) is 90.4 Å². The molecule has 0 aromatic rings. The number of nitriles is 1. The van der Waals surface area contributed by atoms with E-state index in [1.165, 1.54) is 77.0 Å². The molecule has 0 aromatic heterocycles. The zero-order chi connectivity index (χ0) is 18.4. The van der Waals surface area contributed by atoms with Gasteiger partial charge in [0.1, 0.15) is 0 Å². The standard InChI is InChI=1S/C23H35N.C2H2/c1-22-11-3-2-4-17(22)5-7-19-20(22)10-13-23-12-9-16(15-24)14-18(23)6-8-21(19)23;1-2/h16-21H,2-14H2,1H3;1-2H/t16?,17?,18-,19?,20?,21?,22?,23?;/m1./s1. The molecule has 0 heterocycles. The molecule has 5 aliphatic carbocycles. The van der Waals surface area contributed by atoms with E-state index in [1.54, 1.807) is 6.42 Å². The van der Waals surface area contributed by atoms with Crippen LogP contribution in [0.3, 0.4) is 0 Å². The Hall–Kier alpha value is -0.950. The maximum absolute atomic E-state index is 9.41. The monoisotopic (exact) mass is 351 g/mol. The van der Waals surface area contributed by atoms with Gasteiger partial charge in [0.2, 0.25) is 0 Å². The molecule has 5 rings (SSSR count). The van der Waals surface area contributed by atoms with Crippen molar-refractivity contribution >= 4 is 0 Å². The van der Waals surface area contributed by atoms with Crippen molar-refractivity contribution in [2.24, 2.45) is 46.3 Å². The number of terminal acetylenes is 1. The molecule has 0 aromatic carbocycles. The van der Waals surface area contributed by atoms with E-state index in [1.807, 2.05) is 0 Å². The predicted octanol–water partition coefficient (Wildman–Crippen LogP) is 6.59. The molecule has 0 amide bonds. The minimum absolute atomic E-state index is 0.378. The molecule has 5 fully saturated rings. The number of hydrogen-bond donors (Lipinski definition) is 0. The molecule has 1 spiro atoms. The number of hydrogen-bond acceptors (Lipinski definition) is 1. The Labute approximate surface area is 161 Å². The second-order valence-electron chi connectivity index (χ2n) is 10.5. The highest BCUT2D eigenvalue weighted by Crippen LogP contribution is 2.70. The summed E-state index contributed by atoms with van der Waals surface area (Å²) in [4.78, 5) is 0. The van der Waals surface area contributed by atoms with Crippen molar-refractivity contribution in [1.29, 1.82) is 5.26 Å². The molecule has 0 N–H and O–H groups in total. The third-order valence-corrected chi connectivity index (χ3v) is 10.2. The van der Waals surface area contributed by atoms with Crippen LogP contribution in [-0.4, -0.2) is 0 Å². The van der Waals surface area contributed by atoms with Crippen molar-refractivity contribution in [2.45, 2.75) is 90.4 Å². The molecular formula is C25H37N. The fourth-order valence-corrected chi connectivity index (χ4v) is 9.10. The SMILES string of the molecule is C#C.CC12CCCCC1CCC1C2CCC23CCC(C#N)C[C@H]2CCC13. The number of rotatable bonds is 0. The first-order valence-corrected chi connectivity index (χ1v) is 11.4. The molecular weight excluding hydrogens is 314 g/mol. The molecule has 0 bridgehead atoms. The van der Waals surface area contributed by atoms with Crippen LogP contribution < -0.4 is 0 Å². The van der Waals surface area contributed by atoms with Crippen LogP contribution in [0.4, 0.5) is 0 Å². The highest BCUT2D eigenvalue weighted by Gasteiger charge is 2.61. The van der Waals surface area contributed by atoms with Gasteiger partial charge in [-0.2, -0.15) is 5.26 Å². The maximum Gasteiger partial charge on any atom is 0.0655 e. The molecule has 0 saturated heterocycles. The second kappa shape index (κ2) is 6.89. The van der Waals surface area contributed by atoms with E-state index < -0.39 is 0 Å². The summed E-state index contributed by atoms with van der Waals surface area (Å²) < 4.78 is 0. The minimum Gasteiger partial charge on any atom is -0.198 e. The number of fused-ring (bicyclic) bond motifs is 4. The second-order valence-corrected chi connectivity index (χ2v) is 10.5. The van der Waals surface area contributed by atoms with Crippen molar-refractivity contribution in [3.05, 3.63) is 0 Å². The number of nitrogens with zero attached hydrogens (tertiary/aromatic N) is 1. The van der Waals surface area contributed by atoms with Gasteiger partial charge >= 0.3 is 0 Å². The van der Waals surface area contributed by atoms with Crippen molar-refractivity contribution in [3.8, 4) is 18.9 Å². The molecule has 26 heavy (non-hydrogen) atoms. The summed E-state index contributed by atoms with van der Waals surface area (Å²) in [6.07, 6.45) is 27.0. The third-order valence-electron chi connectivity index (χ3n) is 10.2. The minimum atomic E-state index is 0.378. The van der Waals surface area contributed by atoms with Gasteiger partial charge in [0, 0.05) is 5.92 Å². The van der Waals surface area contributed by atoms with Crippen LogP contribution in [-0.2, 0) is 0 Å². The van der Waals surface area contributed by atoms with E-state index in [4.69, 9.17) is 0 Å². The molecule has 142 valence electrons. The fourth-order valence-electron chi connectivity index (χ4n) is 9.10. The summed E-state index contributed by atoms with van der Waals surface area (Å²) in [6, 6.07) is 2.61. The molecule has 5 aliphatic rings. The summed E-state index contributed by atoms with van der Waals surface area (Å²) >= 11 is 0. The first-order valence-electron chi connectivity index (χ1n) is 11.4. The topological polar surface area (TPSA) is 23.8 Å². The average molecular weight is 352 g/mol. The smallest absolute Gasteiger partial charge is 0.0655 e. The van der Waals surface area contributed by atoms with Crippen LogP contribution >= 0.6 is 0 Å². The van der Waals surface area contributed by atoms with Crippen molar-refractivity contribution in [3.63, 3.8) is 0 Å². The zero-order valence-electron chi connectivity index (χ0n) is 16.8. The average Bonchev–Trinajstić information content (AvgIpc) is 3.08. The van der Waals surface area contributed by atoms with E-state index in [2.05, 4.69) is 25.8 Å². The fraction of sp³-hybridized carbons (Fsp3) is 0.880. The van der Waals surface area contributed by atoms with Gasteiger partial charge in [-0.05, 0) is 111 Å². The largest absolute Gasteiger partial charge is 0.198 e. The van der Waals surface area contributed by atoms with Gasteiger partial charge < -0.3 is 0 Å². The molecule has 0 radical (unpaired) electrons. The Morgan fingerprint density at radius 3 is 2.38 bits per heavy atom. The summed E-state index contributed by atoms with van der Waals surface area (Å²) in [6.45, 7) is 2.70. The molecule has 8 atom stereocenters. The lowest BCUT2D eigenvalue weighted by atomic mass is 9.43. The van der Waals surface area contributed by atoms with E-state index >= 15 is 0 Å². The van der Waals surface area contributed by atoms with Crippen LogP contribution in [0, 0.1) is 70.5 Å². The summed E-state index contributed by atoms with van der Waals surface area (Å²) in [5, 5.41) is 9.41. The van der Waals surface area contributed by atoms with E-state index in [0.29, 0.717) is 16.7 Å². The van der Waals surface area contributed by atoms with E-state index in [-0.39, 0.29) is 0 Å². The Morgan fingerprint density at radius 1 is 0.808 bits per heavy atom. The normalized spacial score (nSPS) is 52.1. The summed E-state index contributed by atoms with van der Waals surface area (Å²) in [7, 11) is 0. The molecule has 5 saturated carbocycles. The van der Waals surface area contributed by atoms with Gasteiger partial charge in [-0.1, -0.05) is 19.8 Å². The van der Waals surface area contributed by atoms with Gasteiger partial charge in [-0.25, -0.2) is 0 Å². The van der Waals surface area contributed by atoms with Crippen LogP contribution in [0.15, 0.2) is 0 Å². The zero-order valence-corrected chi connectivity index (χ0v) is 16.8. The van der Waals surface area contributed by atoms with Crippen molar-refractivity contribution in [2.75, 3.05) is 0 Å². The van der Waals surface area contributed by atoms with Gasteiger partial charge in [0.25, 0.3) is 0 Å². The predicted molar refractivity (Wildman–Crippen MR) is 107 cm³/mol. The summed E-state index contributed by atoms with van der Waals surface area (Å²) in [5.41, 5.74) is 1.36. The van der Waals surface area contributed by atoms with Crippen LogP contribution in [0.5, 0.6) is 0 Å². The Morgan fingerprint density at radius 2 is 1.58 bits per heavy atom. The first kappa shape index (κ1) is 18.4. The first-order chi connectivity index (χ1) is 12.7. The Bertz CT molecular complexity index is 585. The molecule has 0 aliphatic heterocycles. The Balaban J connectivity index is 0.000000814. The van der Waals surface area contributed by atoms with E-state index in [9.17, 15) is 5.26 Å². The maximum atomic E-state index is 9.41. The van der Waals surface area contributed by atoms with Gasteiger partial charge in [0.05, 0.1) is 6.07 Å². The van der Waals surface area contributed by atoms with Gasteiger partial charge in [0.15, 0.2) is 0 Å². The van der Waals surface area contributed by atoms with Crippen molar-refractivity contribution in [1.82, 2.24) is 0 Å². The lowest BCUT2D eigenvalue weighted by Crippen LogP contribution is -2.54. The van der Waals surface area contributed by atoms with Gasteiger partial charge in [-0.3, -0.25) is 0 Å². The quantitative estimate of drug-likeness (QED) is 0.452. The summed E-state index contributed by atoms with van der Waals surface area (Å²) in [5.74, 6) is 5.44. The molecule has 1 nitrogen and oxygen atoms in total. The van der Waals surface area contributed by atoms with Crippen LogP contribution in [0.25, 0.3) is 0 Å². The van der Waals surface area contributed by atoms with Crippen LogP contribution in [0.2, 0.25) is 0 Å². The third kappa shape index (κ3) is 2.49.